The van der Waals surface area contributed by atoms with E-state index < -0.39 is 0 Å². The van der Waals surface area contributed by atoms with Crippen LogP contribution in [0, 0.1) is 11.3 Å². The second kappa shape index (κ2) is 8.13. The highest BCUT2D eigenvalue weighted by Crippen LogP contribution is 2.28. The first-order chi connectivity index (χ1) is 14.5. The minimum atomic E-state index is -0.209. The zero-order chi connectivity index (χ0) is 21.3. The van der Waals surface area contributed by atoms with Gasteiger partial charge in [-0.1, -0.05) is 11.6 Å². The van der Waals surface area contributed by atoms with E-state index in [4.69, 9.17) is 21.6 Å². The Hall–Kier alpha value is -3.44. The Morgan fingerprint density at radius 1 is 1.27 bits per heavy atom. The van der Waals surface area contributed by atoms with Crippen LogP contribution in [0.25, 0.3) is 11.0 Å². The fourth-order valence-corrected chi connectivity index (χ4v) is 4.09. The Morgan fingerprint density at radius 3 is 2.70 bits per heavy atom. The van der Waals surface area contributed by atoms with E-state index in [0.29, 0.717) is 53.5 Å². The number of benzene rings is 2. The average molecular weight is 426 g/mol. The van der Waals surface area contributed by atoms with Crippen molar-refractivity contribution < 1.29 is 9.53 Å². The molecule has 1 saturated heterocycles. The number of aromatic amines is 1. The number of urea groups is 1. The van der Waals surface area contributed by atoms with E-state index >= 15 is 0 Å². The summed E-state index contributed by atoms with van der Waals surface area (Å²) < 4.78 is 6.85. The lowest BCUT2D eigenvalue weighted by molar-refractivity contribution is 0.184. The van der Waals surface area contributed by atoms with Crippen LogP contribution in [0.15, 0.2) is 41.2 Å². The summed E-state index contributed by atoms with van der Waals surface area (Å²) >= 11 is 6.11. The van der Waals surface area contributed by atoms with Gasteiger partial charge in [0.1, 0.15) is 5.75 Å². The molecule has 0 unspecified atom stereocenters. The fourth-order valence-electron chi connectivity index (χ4n) is 3.84. The molecule has 0 aliphatic carbocycles. The van der Waals surface area contributed by atoms with Gasteiger partial charge in [0.2, 0.25) is 0 Å². The highest BCUT2D eigenvalue weighted by Gasteiger charge is 2.26. The van der Waals surface area contributed by atoms with Crippen molar-refractivity contribution in [2.75, 3.05) is 25.5 Å². The first-order valence-electron chi connectivity index (χ1n) is 9.54. The van der Waals surface area contributed by atoms with Gasteiger partial charge in [-0.05, 0) is 49.2 Å². The van der Waals surface area contributed by atoms with E-state index in [9.17, 15) is 9.59 Å². The second-order valence-corrected chi connectivity index (χ2v) is 7.55. The van der Waals surface area contributed by atoms with Crippen molar-refractivity contribution in [1.29, 1.82) is 5.26 Å². The maximum atomic E-state index is 12.6. The number of anilines is 1. The fraction of sp³-hybridized carbons (Fsp3) is 0.286. The van der Waals surface area contributed by atoms with Crippen LogP contribution in [-0.2, 0) is 0 Å². The highest BCUT2D eigenvalue weighted by molar-refractivity contribution is 6.32. The number of piperidine rings is 1. The number of nitriles is 1. The average Bonchev–Trinajstić information content (AvgIpc) is 3.08. The van der Waals surface area contributed by atoms with Crippen molar-refractivity contribution in [2.24, 2.45) is 0 Å². The van der Waals surface area contributed by atoms with Gasteiger partial charge in [-0.15, -0.1) is 0 Å². The first-order valence-corrected chi connectivity index (χ1v) is 9.92. The summed E-state index contributed by atoms with van der Waals surface area (Å²) in [6, 6.07) is 12.1. The molecule has 1 aromatic heterocycles. The third-order valence-electron chi connectivity index (χ3n) is 5.37. The highest BCUT2D eigenvalue weighted by atomic mass is 35.5. The molecular weight excluding hydrogens is 406 g/mol. The second-order valence-electron chi connectivity index (χ2n) is 7.14. The van der Waals surface area contributed by atoms with Gasteiger partial charge in [-0.2, -0.15) is 5.26 Å². The van der Waals surface area contributed by atoms with Gasteiger partial charge in [-0.3, -0.25) is 4.57 Å². The molecule has 0 bridgehead atoms. The monoisotopic (exact) mass is 425 g/mol. The molecule has 154 valence electrons. The van der Waals surface area contributed by atoms with Crippen LogP contribution in [0.3, 0.4) is 0 Å². The van der Waals surface area contributed by atoms with Crippen LogP contribution in [0.5, 0.6) is 5.75 Å². The number of ether oxygens (including phenoxy) is 1. The minimum Gasteiger partial charge on any atom is -0.495 e. The van der Waals surface area contributed by atoms with Crippen molar-refractivity contribution >= 4 is 34.4 Å². The van der Waals surface area contributed by atoms with Gasteiger partial charge < -0.3 is 19.9 Å². The van der Waals surface area contributed by atoms with Crippen molar-refractivity contribution in [3.05, 3.63) is 57.5 Å². The predicted octanol–water partition coefficient (Wildman–Crippen LogP) is 3.73. The summed E-state index contributed by atoms with van der Waals surface area (Å²) in [7, 11) is 1.53. The van der Waals surface area contributed by atoms with Crippen molar-refractivity contribution in [3.8, 4) is 11.8 Å². The summed E-state index contributed by atoms with van der Waals surface area (Å²) in [4.78, 5) is 29.6. The molecule has 8 nitrogen and oxygen atoms in total. The third-order valence-corrected chi connectivity index (χ3v) is 5.66. The first kappa shape index (κ1) is 19.9. The number of nitrogens with one attached hydrogen (secondary N) is 2. The maximum absolute atomic E-state index is 12.6. The van der Waals surface area contributed by atoms with Gasteiger partial charge in [0.25, 0.3) is 0 Å². The molecule has 4 rings (SSSR count). The van der Waals surface area contributed by atoms with E-state index in [1.165, 1.54) is 7.11 Å². The van der Waals surface area contributed by atoms with Crippen LogP contribution in [0.1, 0.15) is 24.4 Å². The molecule has 0 radical (unpaired) electrons. The molecule has 1 aliphatic rings. The Balaban J connectivity index is 1.44. The number of amides is 2. The topological polar surface area (TPSA) is 103 Å². The summed E-state index contributed by atoms with van der Waals surface area (Å²) in [6.07, 6.45) is 1.31. The maximum Gasteiger partial charge on any atom is 0.326 e. The van der Waals surface area contributed by atoms with Gasteiger partial charge >= 0.3 is 11.7 Å². The zero-order valence-electron chi connectivity index (χ0n) is 16.3. The van der Waals surface area contributed by atoms with Gasteiger partial charge in [-0.25, -0.2) is 9.59 Å². The lowest BCUT2D eigenvalue weighted by Crippen LogP contribution is -2.42. The molecule has 9 heteroatoms. The number of likely N-dealkylation sites (tertiary alicyclic amines) is 1. The molecule has 2 heterocycles. The number of methoxy groups -OCH3 is 1. The van der Waals surface area contributed by atoms with Gasteiger partial charge in [0.05, 0.1) is 34.8 Å². The van der Waals surface area contributed by atoms with Crippen LogP contribution in [0.4, 0.5) is 10.5 Å². The number of carbonyl (C=O) groups excluding carboxylic acids is 1. The van der Waals surface area contributed by atoms with Gasteiger partial charge in [0.15, 0.2) is 0 Å². The third kappa shape index (κ3) is 3.72. The molecule has 2 amide bonds. The van der Waals surface area contributed by atoms with E-state index in [0.717, 1.165) is 5.52 Å². The van der Waals surface area contributed by atoms with E-state index in [-0.39, 0.29) is 17.8 Å². The summed E-state index contributed by atoms with van der Waals surface area (Å²) in [5.41, 5.74) is 2.32. The van der Waals surface area contributed by atoms with Crippen LogP contribution in [0.2, 0.25) is 5.02 Å². The molecular formula is C21H20ClN5O3. The molecule has 3 aromatic rings. The number of aromatic nitrogens is 2. The number of rotatable bonds is 3. The molecule has 1 aliphatic heterocycles. The summed E-state index contributed by atoms with van der Waals surface area (Å²) in [6.45, 7) is 1.05. The molecule has 1 fully saturated rings. The largest absolute Gasteiger partial charge is 0.495 e. The molecule has 2 N–H and O–H groups in total. The van der Waals surface area contributed by atoms with Crippen LogP contribution in [-0.4, -0.2) is 40.7 Å². The minimum absolute atomic E-state index is 0.0151. The quantitative estimate of drug-likeness (QED) is 0.667. The number of H-pyrrole nitrogens is 1. The molecule has 2 aromatic carbocycles. The number of nitrogens with zero attached hydrogens (tertiary/aromatic N) is 3. The standard InChI is InChI=1S/C21H20ClN5O3/c1-30-19-5-3-14(11-16(19)22)24-20(28)26-8-6-15(7-9-26)27-18-4-2-13(12-23)10-17(18)25-21(27)29/h2-5,10-11,15H,6-9H2,1H3,(H,24,28)(H,25,29). The van der Waals surface area contributed by atoms with E-state index in [1.807, 2.05) is 0 Å². The zero-order valence-corrected chi connectivity index (χ0v) is 17.1. The smallest absolute Gasteiger partial charge is 0.326 e. The van der Waals surface area contributed by atoms with Gasteiger partial charge in [0, 0.05) is 24.8 Å². The molecule has 30 heavy (non-hydrogen) atoms. The van der Waals surface area contributed by atoms with Crippen molar-refractivity contribution in [3.63, 3.8) is 0 Å². The van der Waals surface area contributed by atoms with Crippen molar-refractivity contribution in [2.45, 2.75) is 18.9 Å². The number of imidazole rings is 1. The normalized spacial score (nSPS) is 14.5. The Morgan fingerprint density at radius 2 is 2.03 bits per heavy atom. The Labute approximate surface area is 177 Å². The number of halogens is 1. The Kier molecular flexibility index (Phi) is 5.38. The summed E-state index contributed by atoms with van der Waals surface area (Å²) in [5, 5.41) is 12.3. The number of hydrogen-bond acceptors (Lipinski definition) is 4. The molecule has 0 saturated carbocycles. The predicted molar refractivity (Wildman–Crippen MR) is 114 cm³/mol. The lowest BCUT2D eigenvalue weighted by atomic mass is 10.0. The van der Waals surface area contributed by atoms with Crippen molar-refractivity contribution in [1.82, 2.24) is 14.5 Å². The lowest BCUT2D eigenvalue weighted by Gasteiger charge is -2.32. The number of hydrogen-bond donors (Lipinski definition) is 2. The molecule has 0 atom stereocenters. The number of carbonyl (C=O) groups is 1. The summed E-state index contributed by atoms with van der Waals surface area (Å²) in [5.74, 6) is 0.543. The molecule has 0 spiro atoms. The van der Waals surface area contributed by atoms with Crippen LogP contribution < -0.4 is 15.7 Å². The van der Waals surface area contributed by atoms with E-state index in [2.05, 4.69) is 16.4 Å². The van der Waals surface area contributed by atoms with E-state index in [1.54, 1.807) is 45.9 Å². The number of fused-ring (bicyclic) bond motifs is 1. The Bertz CT molecular complexity index is 1200. The SMILES string of the molecule is COc1ccc(NC(=O)N2CCC(n3c(=O)[nH]c4cc(C#N)ccc43)CC2)cc1Cl. The van der Waals surface area contributed by atoms with Crippen LogP contribution >= 0.6 is 11.6 Å².